The molecule has 6 heteroatoms. The standard InChI is InChI=1S/C20H24ClN3O2/c1-23-8-10-24(11-9-23)19-7-6-16(21)14-18(19)22-20(25)13-15-4-3-5-17(12-15)26-2/h3-7,12,14H,8-11,13H2,1-2H3,(H,22,25). The van der Waals surface area contributed by atoms with E-state index < -0.39 is 0 Å². The van der Waals surface area contributed by atoms with Crippen molar-refractivity contribution in [2.75, 3.05) is 50.6 Å². The maximum Gasteiger partial charge on any atom is 0.228 e. The zero-order chi connectivity index (χ0) is 18.5. The lowest BCUT2D eigenvalue weighted by Crippen LogP contribution is -2.44. The molecule has 1 aliphatic heterocycles. The second kappa shape index (κ2) is 8.43. The Labute approximate surface area is 159 Å². The monoisotopic (exact) mass is 373 g/mol. The van der Waals surface area contributed by atoms with E-state index in [4.69, 9.17) is 16.3 Å². The largest absolute Gasteiger partial charge is 0.497 e. The number of amides is 1. The van der Waals surface area contributed by atoms with Crippen LogP contribution in [0.5, 0.6) is 5.75 Å². The van der Waals surface area contributed by atoms with E-state index in [1.807, 2.05) is 42.5 Å². The number of carbonyl (C=O) groups excluding carboxylic acids is 1. The third-order valence-corrected chi connectivity index (χ3v) is 4.81. The summed E-state index contributed by atoms with van der Waals surface area (Å²) in [5, 5.41) is 3.64. The molecule has 3 rings (SSSR count). The molecule has 0 radical (unpaired) electrons. The van der Waals surface area contributed by atoms with Crippen LogP contribution in [-0.4, -0.2) is 51.1 Å². The molecule has 0 bridgehead atoms. The van der Waals surface area contributed by atoms with Gasteiger partial charge >= 0.3 is 0 Å². The van der Waals surface area contributed by atoms with Gasteiger partial charge in [-0.3, -0.25) is 4.79 Å². The van der Waals surface area contributed by atoms with Crippen LogP contribution in [0.2, 0.25) is 5.02 Å². The molecule has 0 atom stereocenters. The molecule has 1 aliphatic rings. The number of nitrogens with one attached hydrogen (secondary N) is 1. The Kier molecular flexibility index (Phi) is 6.01. The number of likely N-dealkylation sites (N-methyl/N-ethyl adjacent to an activating group) is 1. The Morgan fingerprint density at radius 2 is 1.92 bits per heavy atom. The molecule has 0 saturated carbocycles. The highest BCUT2D eigenvalue weighted by Gasteiger charge is 2.18. The highest BCUT2D eigenvalue weighted by Crippen LogP contribution is 2.30. The van der Waals surface area contributed by atoms with Crippen LogP contribution >= 0.6 is 11.6 Å². The minimum Gasteiger partial charge on any atom is -0.497 e. The molecule has 1 N–H and O–H groups in total. The zero-order valence-electron chi connectivity index (χ0n) is 15.2. The van der Waals surface area contributed by atoms with Crippen molar-refractivity contribution in [1.82, 2.24) is 4.90 Å². The molecule has 26 heavy (non-hydrogen) atoms. The summed E-state index contributed by atoms with van der Waals surface area (Å²) in [4.78, 5) is 17.1. The van der Waals surface area contributed by atoms with Crippen molar-refractivity contribution in [3.8, 4) is 5.75 Å². The van der Waals surface area contributed by atoms with Crippen LogP contribution in [0, 0.1) is 0 Å². The summed E-state index contributed by atoms with van der Waals surface area (Å²) in [6.45, 7) is 3.85. The highest BCUT2D eigenvalue weighted by molar-refractivity contribution is 6.31. The Morgan fingerprint density at radius 1 is 1.15 bits per heavy atom. The molecular weight excluding hydrogens is 350 g/mol. The molecule has 1 fully saturated rings. The second-order valence-corrected chi connectivity index (χ2v) is 6.96. The van der Waals surface area contributed by atoms with Crippen LogP contribution in [-0.2, 0) is 11.2 Å². The van der Waals surface area contributed by atoms with Crippen molar-refractivity contribution in [1.29, 1.82) is 0 Å². The Hall–Kier alpha value is -2.24. The topological polar surface area (TPSA) is 44.8 Å². The fourth-order valence-electron chi connectivity index (χ4n) is 3.09. The van der Waals surface area contributed by atoms with E-state index in [9.17, 15) is 4.79 Å². The van der Waals surface area contributed by atoms with Crippen molar-refractivity contribution in [2.24, 2.45) is 0 Å². The first-order valence-corrected chi connectivity index (χ1v) is 9.09. The van der Waals surface area contributed by atoms with Gasteiger partial charge in [0.2, 0.25) is 5.91 Å². The number of hydrogen-bond acceptors (Lipinski definition) is 4. The number of benzene rings is 2. The van der Waals surface area contributed by atoms with Crippen LogP contribution in [0.4, 0.5) is 11.4 Å². The van der Waals surface area contributed by atoms with Crippen molar-refractivity contribution in [3.63, 3.8) is 0 Å². The molecule has 2 aromatic rings. The number of anilines is 2. The van der Waals surface area contributed by atoms with Crippen LogP contribution in [0.1, 0.15) is 5.56 Å². The van der Waals surface area contributed by atoms with Gasteiger partial charge in [-0.05, 0) is 42.9 Å². The highest BCUT2D eigenvalue weighted by atomic mass is 35.5. The number of nitrogens with zero attached hydrogens (tertiary/aromatic N) is 2. The molecule has 1 amide bonds. The number of methoxy groups -OCH3 is 1. The Morgan fingerprint density at radius 3 is 2.65 bits per heavy atom. The number of piperazine rings is 1. The molecule has 0 unspecified atom stereocenters. The van der Waals surface area contributed by atoms with Crippen LogP contribution in [0.3, 0.4) is 0 Å². The summed E-state index contributed by atoms with van der Waals surface area (Å²) >= 11 is 6.17. The van der Waals surface area contributed by atoms with E-state index in [1.54, 1.807) is 7.11 Å². The minimum absolute atomic E-state index is 0.0732. The predicted octanol–water partition coefficient (Wildman–Crippen LogP) is 3.28. The van der Waals surface area contributed by atoms with E-state index >= 15 is 0 Å². The average Bonchev–Trinajstić information content (AvgIpc) is 2.63. The number of hydrogen-bond donors (Lipinski definition) is 1. The Bertz CT molecular complexity index is 773. The van der Waals surface area contributed by atoms with E-state index in [1.165, 1.54) is 0 Å². The number of carbonyl (C=O) groups is 1. The normalized spacial score (nSPS) is 15.0. The van der Waals surface area contributed by atoms with Crippen LogP contribution < -0.4 is 15.0 Å². The van der Waals surface area contributed by atoms with Gasteiger partial charge in [-0.15, -0.1) is 0 Å². The zero-order valence-corrected chi connectivity index (χ0v) is 15.9. The summed E-state index contributed by atoms with van der Waals surface area (Å²) in [6, 6.07) is 13.2. The van der Waals surface area contributed by atoms with Gasteiger partial charge < -0.3 is 19.9 Å². The lowest BCUT2D eigenvalue weighted by molar-refractivity contribution is -0.115. The first-order valence-electron chi connectivity index (χ1n) is 8.71. The van der Waals surface area contributed by atoms with Crippen molar-refractivity contribution in [2.45, 2.75) is 6.42 Å². The van der Waals surface area contributed by atoms with Gasteiger partial charge in [0.1, 0.15) is 5.75 Å². The van der Waals surface area contributed by atoms with E-state index in [2.05, 4.69) is 22.2 Å². The smallest absolute Gasteiger partial charge is 0.228 e. The van der Waals surface area contributed by atoms with E-state index in [-0.39, 0.29) is 12.3 Å². The van der Waals surface area contributed by atoms with Gasteiger partial charge in [-0.25, -0.2) is 0 Å². The molecule has 5 nitrogen and oxygen atoms in total. The molecule has 0 aliphatic carbocycles. The summed E-state index contributed by atoms with van der Waals surface area (Å²) in [6.07, 6.45) is 0.284. The predicted molar refractivity (Wildman–Crippen MR) is 106 cm³/mol. The average molecular weight is 374 g/mol. The van der Waals surface area contributed by atoms with Gasteiger partial charge in [0.25, 0.3) is 0 Å². The Balaban J connectivity index is 1.73. The minimum atomic E-state index is -0.0732. The molecular formula is C20H24ClN3O2. The van der Waals surface area contributed by atoms with Gasteiger partial charge in [0.05, 0.1) is 24.9 Å². The quantitative estimate of drug-likeness (QED) is 0.873. The van der Waals surface area contributed by atoms with Gasteiger partial charge in [0, 0.05) is 31.2 Å². The maximum atomic E-state index is 12.6. The van der Waals surface area contributed by atoms with Crippen molar-refractivity contribution in [3.05, 3.63) is 53.1 Å². The molecule has 2 aromatic carbocycles. The summed E-state index contributed by atoms with van der Waals surface area (Å²) in [5.41, 5.74) is 2.68. The number of ether oxygens (including phenoxy) is 1. The third kappa shape index (κ3) is 4.68. The summed E-state index contributed by atoms with van der Waals surface area (Å²) < 4.78 is 5.22. The lowest BCUT2D eigenvalue weighted by atomic mass is 10.1. The van der Waals surface area contributed by atoms with Crippen molar-refractivity contribution >= 4 is 28.9 Å². The fraction of sp³-hybridized carbons (Fsp3) is 0.350. The van der Waals surface area contributed by atoms with E-state index in [0.717, 1.165) is 48.9 Å². The lowest BCUT2D eigenvalue weighted by Gasteiger charge is -2.35. The van der Waals surface area contributed by atoms with Crippen LogP contribution in [0.15, 0.2) is 42.5 Å². The summed E-state index contributed by atoms with van der Waals surface area (Å²) in [5.74, 6) is 0.673. The molecule has 1 saturated heterocycles. The third-order valence-electron chi connectivity index (χ3n) is 4.58. The molecule has 0 aromatic heterocycles. The first-order chi connectivity index (χ1) is 12.5. The fourth-order valence-corrected chi connectivity index (χ4v) is 3.27. The van der Waals surface area contributed by atoms with Gasteiger partial charge in [-0.1, -0.05) is 23.7 Å². The molecule has 138 valence electrons. The first kappa shape index (κ1) is 18.5. The van der Waals surface area contributed by atoms with Crippen molar-refractivity contribution < 1.29 is 9.53 Å². The maximum absolute atomic E-state index is 12.6. The molecule has 1 heterocycles. The second-order valence-electron chi connectivity index (χ2n) is 6.53. The van der Waals surface area contributed by atoms with Gasteiger partial charge in [-0.2, -0.15) is 0 Å². The van der Waals surface area contributed by atoms with E-state index in [0.29, 0.717) is 5.02 Å². The molecule has 0 spiro atoms. The SMILES string of the molecule is COc1cccc(CC(=O)Nc2cc(Cl)ccc2N2CCN(C)CC2)c1. The number of halogens is 1. The summed E-state index contributed by atoms with van der Waals surface area (Å²) in [7, 11) is 3.74. The van der Waals surface area contributed by atoms with Gasteiger partial charge in [0.15, 0.2) is 0 Å². The number of rotatable bonds is 5. The van der Waals surface area contributed by atoms with Crippen LogP contribution in [0.25, 0.3) is 0 Å².